The number of carboxylic acids is 1. The lowest BCUT2D eigenvalue weighted by Crippen LogP contribution is -2.44. The summed E-state index contributed by atoms with van der Waals surface area (Å²) in [6.45, 7) is 1.57. The number of nitrogens with two attached hydrogens (primary N) is 1. The average Bonchev–Trinajstić information content (AvgIpc) is 2.13. The van der Waals surface area contributed by atoms with E-state index < -0.39 is 24.0 Å². The Balaban J connectivity index is 3.78. The van der Waals surface area contributed by atoms with E-state index in [-0.39, 0.29) is 6.54 Å². The van der Waals surface area contributed by atoms with Gasteiger partial charge in [0, 0.05) is 0 Å². The molecule has 0 radical (unpaired) electrons. The predicted molar refractivity (Wildman–Crippen MR) is 49.5 cm³/mol. The first kappa shape index (κ1) is 12.9. The van der Waals surface area contributed by atoms with Crippen molar-refractivity contribution in [2.75, 3.05) is 6.54 Å². The molecular formula is C8H16N2O4. The zero-order valence-corrected chi connectivity index (χ0v) is 8.06. The largest absolute Gasteiger partial charge is 0.479 e. The molecule has 14 heavy (non-hydrogen) atoms. The van der Waals surface area contributed by atoms with Gasteiger partial charge in [-0.2, -0.15) is 0 Å². The summed E-state index contributed by atoms with van der Waals surface area (Å²) < 4.78 is 0. The van der Waals surface area contributed by atoms with Gasteiger partial charge >= 0.3 is 5.97 Å². The Kier molecular flexibility index (Phi) is 5.82. The molecule has 0 aliphatic carbocycles. The standard InChI is InChI=1S/C8H16N2O4/c1-2-3-5(9)7(12)10-4-6(11)8(13)14/h5-6,11H,2-4,9H2,1H3,(H,10,12)(H,13,14)/t5-,6?/m1/s1. The third kappa shape index (κ3) is 4.78. The molecule has 5 N–H and O–H groups in total. The van der Waals surface area contributed by atoms with Crippen LogP contribution in [0.4, 0.5) is 0 Å². The maximum atomic E-state index is 11.1. The summed E-state index contributed by atoms with van der Waals surface area (Å²) in [5, 5.41) is 19.4. The second kappa shape index (κ2) is 6.33. The number of rotatable bonds is 6. The Hall–Kier alpha value is -1.14. The molecule has 0 aliphatic rings. The average molecular weight is 204 g/mol. The van der Waals surface area contributed by atoms with Gasteiger partial charge in [0.25, 0.3) is 0 Å². The Bertz CT molecular complexity index is 208. The van der Waals surface area contributed by atoms with Gasteiger partial charge in [-0.1, -0.05) is 13.3 Å². The third-order valence-corrected chi connectivity index (χ3v) is 1.69. The van der Waals surface area contributed by atoms with Crippen molar-refractivity contribution >= 4 is 11.9 Å². The van der Waals surface area contributed by atoms with E-state index in [2.05, 4.69) is 5.32 Å². The number of amides is 1. The lowest BCUT2D eigenvalue weighted by Gasteiger charge is -2.12. The number of hydrogen-bond donors (Lipinski definition) is 4. The summed E-state index contributed by atoms with van der Waals surface area (Å²) >= 11 is 0. The van der Waals surface area contributed by atoms with E-state index in [4.69, 9.17) is 15.9 Å². The number of carboxylic acid groups (broad SMARTS) is 1. The lowest BCUT2D eigenvalue weighted by atomic mass is 10.1. The van der Waals surface area contributed by atoms with Gasteiger partial charge in [0.15, 0.2) is 6.10 Å². The van der Waals surface area contributed by atoms with Crippen LogP contribution < -0.4 is 11.1 Å². The van der Waals surface area contributed by atoms with E-state index >= 15 is 0 Å². The number of nitrogens with one attached hydrogen (secondary N) is 1. The lowest BCUT2D eigenvalue weighted by molar-refractivity contribution is -0.146. The minimum atomic E-state index is -1.58. The first-order valence-corrected chi connectivity index (χ1v) is 4.43. The van der Waals surface area contributed by atoms with Crippen molar-refractivity contribution in [2.24, 2.45) is 5.73 Å². The Morgan fingerprint density at radius 3 is 2.50 bits per heavy atom. The van der Waals surface area contributed by atoms with Crippen LogP contribution in [0, 0.1) is 0 Å². The van der Waals surface area contributed by atoms with Crippen LogP contribution in [0.3, 0.4) is 0 Å². The molecular weight excluding hydrogens is 188 g/mol. The van der Waals surface area contributed by atoms with Crippen LogP contribution in [0.1, 0.15) is 19.8 Å². The second-order valence-electron chi connectivity index (χ2n) is 2.99. The summed E-state index contributed by atoms with van der Waals surface area (Å²) in [5.41, 5.74) is 5.45. The van der Waals surface area contributed by atoms with E-state index in [1.807, 2.05) is 6.92 Å². The number of aliphatic carboxylic acids is 1. The molecule has 0 fully saturated rings. The van der Waals surface area contributed by atoms with E-state index in [1.165, 1.54) is 0 Å². The first-order chi connectivity index (χ1) is 6.49. The third-order valence-electron chi connectivity index (χ3n) is 1.69. The van der Waals surface area contributed by atoms with Gasteiger partial charge in [-0.3, -0.25) is 4.79 Å². The Labute approximate surface area is 82.1 Å². The van der Waals surface area contributed by atoms with Gasteiger partial charge in [-0.15, -0.1) is 0 Å². The number of hydrogen-bond acceptors (Lipinski definition) is 4. The molecule has 0 heterocycles. The zero-order chi connectivity index (χ0) is 11.1. The quantitative estimate of drug-likeness (QED) is 0.428. The molecule has 0 aromatic rings. The van der Waals surface area contributed by atoms with Crippen LogP contribution in [0.25, 0.3) is 0 Å². The summed E-state index contributed by atoms with van der Waals surface area (Å²) in [5.74, 6) is -1.80. The molecule has 0 bridgehead atoms. The normalized spacial score (nSPS) is 14.5. The second-order valence-corrected chi connectivity index (χ2v) is 2.99. The molecule has 0 aliphatic heterocycles. The summed E-state index contributed by atoms with van der Waals surface area (Å²) in [7, 11) is 0. The highest BCUT2D eigenvalue weighted by Gasteiger charge is 2.17. The summed E-state index contributed by atoms with van der Waals surface area (Å²) in [4.78, 5) is 21.3. The van der Waals surface area contributed by atoms with Crippen molar-refractivity contribution in [1.82, 2.24) is 5.32 Å². The van der Waals surface area contributed by atoms with Crippen LogP contribution in [0.15, 0.2) is 0 Å². The molecule has 6 heteroatoms. The van der Waals surface area contributed by atoms with Crippen LogP contribution in [0.2, 0.25) is 0 Å². The summed E-state index contributed by atoms with van der Waals surface area (Å²) in [6.07, 6.45) is -0.266. The molecule has 0 rings (SSSR count). The maximum absolute atomic E-state index is 11.1. The van der Waals surface area contributed by atoms with Crippen LogP contribution >= 0.6 is 0 Å². The SMILES string of the molecule is CCC[C@@H](N)C(=O)NCC(O)C(=O)O. The van der Waals surface area contributed by atoms with E-state index in [1.54, 1.807) is 0 Å². The molecule has 0 saturated heterocycles. The fourth-order valence-corrected chi connectivity index (χ4v) is 0.858. The first-order valence-electron chi connectivity index (χ1n) is 4.43. The van der Waals surface area contributed by atoms with Gasteiger partial charge < -0.3 is 21.3 Å². The van der Waals surface area contributed by atoms with Crippen molar-refractivity contribution in [3.63, 3.8) is 0 Å². The van der Waals surface area contributed by atoms with Crippen molar-refractivity contribution in [3.8, 4) is 0 Å². The summed E-state index contributed by atoms with van der Waals surface area (Å²) in [6, 6.07) is -0.638. The van der Waals surface area contributed by atoms with Gasteiger partial charge in [0.1, 0.15) is 0 Å². The highest BCUT2D eigenvalue weighted by atomic mass is 16.4. The topological polar surface area (TPSA) is 113 Å². The number of aliphatic hydroxyl groups is 1. The number of carbonyl (C=O) groups excluding carboxylic acids is 1. The highest BCUT2D eigenvalue weighted by molar-refractivity contribution is 5.82. The fourth-order valence-electron chi connectivity index (χ4n) is 0.858. The van der Waals surface area contributed by atoms with Crippen molar-refractivity contribution in [1.29, 1.82) is 0 Å². The van der Waals surface area contributed by atoms with E-state index in [0.717, 1.165) is 6.42 Å². The number of carbonyl (C=O) groups is 2. The molecule has 0 aromatic heterocycles. The molecule has 1 amide bonds. The van der Waals surface area contributed by atoms with Crippen molar-refractivity contribution in [2.45, 2.75) is 31.9 Å². The molecule has 0 aromatic carbocycles. The van der Waals surface area contributed by atoms with Crippen LogP contribution in [-0.2, 0) is 9.59 Å². The Morgan fingerprint density at radius 2 is 2.07 bits per heavy atom. The van der Waals surface area contributed by atoms with Crippen LogP contribution in [-0.4, -0.2) is 40.8 Å². The molecule has 82 valence electrons. The fraction of sp³-hybridized carbons (Fsp3) is 0.750. The van der Waals surface area contributed by atoms with Crippen molar-refractivity contribution < 1.29 is 19.8 Å². The maximum Gasteiger partial charge on any atom is 0.334 e. The minimum Gasteiger partial charge on any atom is -0.479 e. The van der Waals surface area contributed by atoms with Gasteiger partial charge in [-0.05, 0) is 6.42 Å². The highest BCUT2D eigenvalue weighted by Crippen LogP contribution is 1.92. The smallest absolute Gasteiger partial charge is 0.334 e. The van der Waals surface area contributed by atoms with Gasteiger partial charge in [0.05, 0.1) is 12.6 Å². The Morgan fingerprint density at radius 1 is 1.50 bits per heavy atom. The monoisotopic (exact) mass is 204 g/mol. The molecule has 2 atom stereocenters. The molecule has 0 spiro atoms. The molecule has 6 nitrogen and oxygen atoms in total. The van der Waals surface area contributed by atoms with E-state index in [9.17, 15) is 9.59 Å². The molecule has 0 saturated carbocycles. The zero-order valence-electron chi connectivity index (χ0n) is 8.06. The van der Waals surface area contributed by atoms with Gasteiger partial charge in [0.2, 0.25) is 5.91 Å². The van der Waals surface area contributed by atoms with Gasteiger partial charge in [-0.25, -0.2) is 4.79 Å². The van der Waals surface area contributed by atoms with Crippen LogP contribution in [0.5, 0.6) is 0 Å². The predicted octanol–water partition coefficient (Wildman–Crippen LogP) is -1.32. The van der Waals surface area contributed by atoms with E-state index in [0.29, 0.717) is 6.42 Å². The number of aliphatic hydroxyl groups excluding tert-OH is 1. The molecule has 1 unspecified atom stereocenters. The van der Waals surface area contributed by atoms with Crippen molar-refractivity contribution in [3.05, 3.63) is 0 Å². The minimum absolute atomic E-state index is 0.314.